The lowest BCUT2D eigenvalue weighted by Gasteiger charge is -2.32. The predicted octanol–water partition coefficient (Wildman–Crippen LogP) is 3.56. The Morgan fingerprint density at radius 1 is 1.41 bits per heavy atom. The lowest BCUT2D eigenvalue weighted by Crippen LogP contribution is -2.23. The zero-order valence-corrected chi connectivity index (χ0v) is 12.6. The summed E-state index contributed by atoms with van der Waals surface area (Å²) < 4.78 is 23.3. The van der Waals surface area contributed by atoms with Crippen LogP contribution in [0, 0.1) is 5.41 Å². The van der Waals surface area contributed by atoms with Gasteiger partial charge in [0.15, 0.2) is 9.84 Å². The minimum absolute atomic E-state index is 0.0580. The van der Waals surface area contributed by atoms with Crippen molar-refractivity contribution < 1.29 is 8.42 Å². The summed E-state index contributed by atoms with van der Waals surface area (Å²) >= 11 is 6.18. The SMILES string of the molecule is CCCS(=O)(=O)CCC1=CC(Cl)CC(C)(C)C1. The number of halogens is 1. The van der Waals surface area contributed by atoms with Gasteiger partial charge in [0.2, 0.25) is 0 Å². The first-order valence-corrected chi connectivity index (χ1v) is 8.54. The van der Waals surface area contributed by atoms with Crippen LogP contribution in [-0.4, -0.2) is 25.3 Å². The number of allylic oxidation sites excluding steroid dienone is 2. The Morgan fingerprint density at radius 2 is 2.06 bits per heavy atom. The summed E-state index contributed by atoms with van der Waals surface area (Å²) in [6, 6.07) is 0. The molecule has 4 heteroatoms. The fraction of sp³-hybridized carbons (Fsp3) is 0.846. The molecule has 1 aliphatic rings. The molecule has 1 aliphatic carbocycles. The number of rotatable bonds is 5. The first-order chi connectivity index (χ1) is 7.74. The molecule has 0 bridgehead atoms. The van der Waals surface area contributed by atoms with Crippen molar-refractivity contribution in [1.82, 2.24) is 0 Å². The summed E-state index contributed by atoms with van der Waals surface area (Å²) in [6.45, 7) is 6.28. The first kappa shape index (κ1) is 15.0. The van der Waals surface area contributed by atoms with Crippen LogP contribution in [0.3, 0.4) is 0 Å². The van der Waals surface area contributed by atoms with Crippen LogP contribution in [0.5, 0.6) is 0 Å². The molecule has 0 aliphatic heterocycles. The zero-order chi connectivity index (χ0) is 13.1. The van der Waals surface area contributed by atoms with Gasteiger partial charge >= 0.3 is 0 Å². The van der Waals surface area contributed by atoms with E-state index in [1.54, 1.807) is 0 Å². The van der Waals surface area contributed by atoms with Gasteiger partial charge in [0.1, 0.15) is 0 Å². The van der Waals surface area contributed by atoms with Crippen LogP contribution in [0.15, 0.2) is 11.6 Å². The van der Waals surface area contributed by atoms with E-state index in [0.29, 0.717) is 18.6 Å². The molecule has 0 heterocycles. The van der Waals surface area contributed by atoms with Gasteiger partial charge in [-0.2, -0.15) is 0 Å². The van der Waals surface area contributed by atoms with E-state index in [1.165, 1.54) is 5.57 Å². The first-order valence-electron chi connectivity index (χ1n) is 6.28. The molecule has 1 rings (SSSR count). The highest BCUT2D eigenvalue weighted by atomic mass is 35.5. The Bertz CT molecular complexity index is 382. The van der Waals surface area contributed by atoms with Gasteiger partial charge in [-0.15, -0.1) is 11.6 Å². The Labute approximate surface area is 110 Å². The highest BCUT2D eigenvalue weighted by Gasteiger charge is 2.27. The van der Waals surface area contributed by atoms with Crippen LogP contribution in [-0.2, 0) is 9.84 Å². The maximum Gasteiger partial charge on any atom is 0.150 e. The van der Waals surface area contributed by atoms with E-state index in [9.17, 15) is 8.42 Å². The molecule has 17 heavy (non-hydrogen) atoms. The van der Waals surface area contributed by atoms with Crippen LogP contribution < -0.4 is 0 Å². The standard InChI is InChI=1S/C13H23ClO2S/c1-4-6-17(15,16)7-5-11-8-12(14)10-13(2,3)9-11/h8,12H,4-7,9-10H2,1-3H3. The number of sulfone groups is 1. The van der Waals surface area contributed by atoms with Crippen molar-refractivity contribution in [2.75, 3.05) is 11.5 Å². The number of alkyl halides is 1. The highest BCUT2D eigenvalue weighted by molar-refractivity contribution is 7.91. The third-order valence-electron chi connectivity index (χ3n) is 3.12. The molecule has 0 spiro atoms. The van der Waals surface area contributed by atoms with Gasteiger partial charge in [0.25, 0.3) is 0 Å². The van der Waals surface area contributed by atoms with Crippen molar-refractivity contribution in [2.24, 2.45) is 5.41 Å². The van der Waals surface area contributed by atoms with Crippen molar-refractivity contribution in [2.45, 2.75) is 51.8 Å². The van der Waals surface area contributed by atoms with E-state index in [1.807, 2.05) is 13.0 Å². The van der Waals surface area contributed by atoms with E-state index < -0.39 is 9.84 Å². The normalized spacial score (nSPS) is 24.5. The molecule has 0 radical (unpaired) electrons. The Kier molecular flexibility index (Phi) is 5.08. The molecule has 100 valence electrons. The Morgan fingerprint density at radius 3 is 2.59 bits per heavy atom. The van der Waals surface area contributed by atoms with Gasteiger partial charge in [-0.3, -0.25) is 0 Å². The molecule has 0 aromatic carbocycles. The van der Waals surface area contributed by atoms with Gasteiger partial charge in [-0.05, 0) is 31.1 Å². The van der Waals surface area contributed by atoms with Crippen LogP contribution in [0.4, 0.5) is 0 Å². The summed E-state index contributed by atoms with van der Waals surface area (Å²) in [5.74, 6) is 0.570. The quantitative estimate of drug-likeness (QED) is 0.569. The molecule has 0 saturated carbocycles. The lowest BCUT2D eigenvalue weighted by atomic mass is 9.76. The number of hydrogen-bond donors (Lipinski definition) is 0. The second-order valence-corrected chi connectivity index (χ2v) is 8.65. The van der Waals surface area contributed by atoms with Crippen molar-refractivity contribution in [1.29, 1.82) is 0 Å². The van der Waals surface area contributed by atoms with E-state index in [0.717, 1.165) is 12.8 Å². The number of hydrogen-bond acceptors (Lipinski definition) is 2. The third-order valence-corrected chi connectivity index (χ3v) is 5.26. The lowest BCUT2D eigenvalue weighted by molar-refractivity contribution is 0.319. The van der Waals surface area contributed by atoms with Crippen molar-refractivity contribution >= 4 is 21.4 Å². The molecular weight excluding hydrogens is 256 g/mol. The van der Waals surface area contributed by atoms with E-state index in [4.69, 9.17) is 11.6 Å². The maximum absolute atomic E-state index is 11.7. The van der Waals surface area contributed by atoms with Gasteiger partial charge in [0.05, 0.1) is 11.1 Å². The van der Waals surface area contributed by atoms with Crippen molar-refractivity contribution in [3.05, 3.63) is 11.6 Å². The maximum atomic E-state index is 11.7. The Balaban J connectivity index is 2.58. The summed E-state index contributed by atoms with van der Waals surface area (Å²) in [5, 5.41) is 0.0580. The second-order valence-electron chi connectivity index (χ2n) is 5.79. The van der Waals surface area contributed by atoms with Crippen LogP contribution in [0.2, 0.25) is 0 Å². The average Bonchev–Trinajstić information content (AvgIpc) is 2.11. The molecule has 2 nitrogen and oxygen atoms in total. The van der Waals surface area contributed by atoms with Crippen molar-refractivity contribution in [3.63, 3.8) is 0 Å². The van der Waals surface area contributed by atoms with Gasteiger partial charge in [-0.25, -0.2) is 8.42 Å². The summed E-state index contributed by atoms with van der Waals surface area (Å²) in [4.78, 5) is 0. The van der Waals surface area contributed by atoms with Crippen LogP contribution in [0.25, 0.3) is 0 Å². The topological polar surface area (TPSA) is 34.1 Å². The fourth-order valence-electron chi connectivity index (χ4n) is 2.46. The van der Waals surface area contributed by atoms with Crippen molar-refractivity contribution in [3.8, 4) is 0 Å². The zero-order valence-electron chi connectivity index (χ0n) is 11.0. The monoisotopic (exact) mass is 278 g/mol. The van der Waals surface area contributed by atoms with Crippen LogP contribution >= 0.6 is 11.6 Å². The molecule has 0 N–H and O–H groups in total. The highest BCUT2D eigenvalue weighted by Crippen LogP contribution is 2.38. The molecule has 1 atom stereocenters. The summed E-state index contributed by atoms with van der Waals surface area (Å²) in [7, 11) is -2.87. The molecule has 0 amide bonds. The van der Waals surface area contributed by atoms with Crippen LogP contribution in [0.1, 0.15) is 46.5 Å². The molecule has 0 fully saturated rings. The summed E-state index contributed by atoms with van der Waals surface area (Å²) in [6.07, 6.45) is 5.34. The predicted molar refractivity (Wildman–Crippen MR) is 74.3 cm³/mol. The van der Waals surface area contributed by atoms with Gasteiger partial charge in [0, 0.05) is 5.75 Å². The molecule has 0 aromatic rings. The molecule has 0 aromatic heterocycles. The minimum Gasteiger partial charge on any atom is -0.229 e. The largest absolute Gasteiger partial charge is 0.229 e. The summed E-state index contributed by atoms with van der Waals surface area (Å²) in [5.41, 5.74) is 1.41. The Hall–Kier alpha value is -0.0200. The van der Waals surface area contributed by atoms with E-state index >= 15 is 0 Å². The average molecular weight is 279 g/mol. The second kappa shape index (κ2) is 5.75. The van der Waals surface area contributed by atoms with Gasteiger partial charge in [-0.1, -0.05) is 32.4 Å². The van der Waals surface area contributed by atoms with Gasteiger partial charge < -0.3 is 0 Å². The third kappa shape index (κ3) is 5.43. The van der Waals surface area contributed by atoms with E-state index in [-0.39, 0.29) is 16.5 Å². The molecule has 1 unspecified atom stereocenters. The molecular formula is C13H23ClO2S. The van der Waals surface area contributed by atoms with E-state index in [2.05, 4.69) is 13.8 Å². The molecule has 0 saturated heterocycles. The fourth-order valence-corrected chi connectivity index (χ4v) is 4.45. The smallest absolute Gasteiger partial charge is 0.150 e. The minimum atomic E-state index is -2.87.